The van der Waals surface area contributed by atoms with Crippen LogP contribution in [0, 0.1) is 5.41 Å². The highest BCUT2D eigenvalue weighted by Gasteiger charge is 2.47. The molecule has 6 nitrogen and oxygen atoms in total. The molecular formula is C12H18ClN3O3. The summed E-state index contributed by atoms with van der Waals surface area (Å²) in [5.74, 6) is 0. The molecule has 7 heteroatoms. The molecule has 2 unspecified atom stereocenters. The van der Waals surface area contributed by atoms with Crippen molar-refractivity contribution < 1.29 is 10.2 Å². The predicted molar refractivity (Wildman–Crippen MR) is 72.4 cm³/mol. The van der Waals surface area contributed by atoms with Gasteiger partial charge in [0.15, 0.2) is 0 Å². The van der Waals surface area contributed by atoms with Crippen molar-refractivity contribution in [2.24, 2.45) is 5.41 Å². The van der Waals surface area contributed by atoms with Crippen LogP contribution in [0.3, 0.4) is 0 Å². The Morgan fingerprint density at radius 1 is 1.63 bits per heavy atom. The average molecular weight is 288 g/mol. The second kappa shape index (κ2) is 5.11. The van der Waals surface area contributed by atoms with E-state index in [0.29, 0.717) is 12.1 Å². The van der Waals surface area contributed by atoms with Crippen molar-refractivity contribution in [2.75, 3.05) is 11.9 Å². The minimum Gasteiger partial charge on any atom is -0.394 e. The second-order valence-electron chi connectivity index (χ2n) is 5.39. The quantitative estimate of drug-likeness (QED) is 0.749. The van der Waals surface area contributed by atoms with Crippen molar-refractivity contribution in [3.8, 4) is 0 Å². The summed E-state index contributed by atoms with van der Waals surface area (Å²) in [4.78, 5) is 11.9. The first-order valence-corrected chi connectivity index (χ1v) is 6.56. The monoisotopic (exact) mass is 287 g/mol. The van der Waals surface area contributed by atoms with Gasteiger partial charge < -0.3 is 15.5 Å². The zero-order chi connectivity index (χ0) is 14.2. The molecule has 2 atom stereocenters. The molecule has 3 N–H and O–H groups in total. The van der Waals surface area contributed by atoms with Crippen molar-refractivity contribution >= 4 is 17.3 Å². The molecule has 2 rings (SSSR count). The number of hydrogen-bond acceptors (Lipinski definition) is 5. The number of aliphatic hydroxyl groups is 2. The summed E-state index contributed by atoms with van der Waals surface area (Å²) in [5, 5.41) is 25.6. The van der Waals surface area contributed by atoms with E-state index in [4.69, 9.17) is 16.7 Å². The van der Waals surface area contributed by atoms with Crippen LogP contribution >= 0.6 is 11.6 Å². The van der Waals surface area contributed by atoms with Gasteiger partial charge in [-0.2, -0.15) is 5.10 Å². The van der Waals surface area contributed by atoms with E-state index in [-0.39, 0.29) is 35.7 Å². The first kappa shape index (κ1) is 14.3. The second-order valence-corrected chi connectivity index (χ2v) is 5.77. The van der Waals surface area contributed by atoms with Crippen LogP contribution in [-0.2, 0) is 6.54 Å². The van der Waals surface area contributed by atoms with E-state index in [1.165, 1.54) is 6.20 Å². The number of nitrogens with one attached hydrogen (secondary N) is 1. The van der Waals surface area contributed by atoms with Crippen molar-refractivity contribution in [3.63, 3.8) is 0 Å². The van der Waals surface area contributed by atoms with Gasteiger partial charge in [-0.3, -0.25) is 4.79 Å². The van der Waals surface area contributed by atoms with Gasteiger partial charge in [0.25, 0.3) is 5.56 Å². The molecule has 1 heterocycles. The Kier molecular flexibility index (Phi) is 3.85. The Bertz CT molecular complexity index is 529. The lowest BCUT2D eigenvalue weighted by atomic mass is 9.64. The zero-order valence-electron chi connectivity index (χ0n) is 10.9. The number of nitrogens with zero attached hydrogens (tertiary/aromatic N) is 2. The molecule has 0 saturated heterocycles. The van der Waals surface area contributed by atoms with Crippen LogP contribution in [0.2, 0.25) is 5.02 Å². The predicted octanol–water partition coefficient (Wildman–Crippen LogP) is 0.460. The minimum atomic E-state index is -0.432. The van der Waals surface area contributed by atoms with Crippen LogP contribution in [-0.4, -0.2) is 38.7 Å². The van der Waals surface area contributed by atoms with Crippen LogP contribution in [0.4, 0.5) is 5.69 Å². The van der Waals surface area contributed by atoms with Crippen LogP contribution in [0.1, 0.15) is 20.3 Å². The molecule has 1 aromatic heterocycles. The lowest BCUT2D eigenvalue weighted by Crippen LogP contribution is -2.57. The molecule has 0 aliphatic heterocycles. The van der Waals surface area contributed by atoms with Crippen molar-refractivity contribution in [1.29, 1.82) is 0 Å². The Labute approximate surface area is 116 Å². The van der Waals surface area contributed by atoms with Gasteiger partial charge in [0.2, 0.25) is 0 Å². The third-order valence-electron chi connectivity index (χ3n) is 3.84. The van der Waals surface area contributed by atoms with Crippen molar-refractivity contribution in [3.05, 3.63) is 21.6 Å². The number of aromatic nitrogens is 2. The molecule has 1 fully saturated rings. The Hall–Kier alpha value is -1.11. The fourth-order valence-electron chi connectivity index (χ4n) is 2.15. The molecule has 1 aliphatic rings. The third-order valence-corrected chi connectivity index (χ3v) is 4.21. The first-order chi connectivity index (χ1) is 8.87. The third kappa shape index (κ3) is 2.48. The summed E-state index contributed by atoms with van der Waals surface area (Å²) in [7, 11) is 0. The van der Waals surface area contributed by atoms with Gasteiger partial charge in [-0.15, -0.1) is 0 Å². The lowest BCUT2D eigenvalue weighted by molar-refractivity contribution is -0.0510. The summed E-state index contributed by atoms with van der Waals surface area (Å²) in [6, 6.07) is 0.0508. The van der Waals surface area contributed by atoms with Crippen LogP contribution < -0.4 is 10.9 Å². The Morgan fingerprint density at radius 3 is 2.84 bits per heavy atom. The SMILES string of the molecule is CC1(C)C(O)CC1Nc1cnn(CCO)c(=O)c1Cl. The van der Waals surface area contributed by atoms with Crippen molar-refractivity contribution in [1.82, 2.24) is 9.78 Å². The number of anilines is 1. The lowest BCUT2D eigenvalue weighted by Gasteiger charge is -2.49. The molecule has 0 spiro atoms. The maximum absolute atomic E-state index is 11.9. The maximum Gasteiger partial charge on any atom is 0.287 e. The van der Waals surface area contributed by atoms with Gasteiger partial charge in [0.1, 0.15) is 5.02 Å². The molecule has 106 valence electrons. The Morgan fingerprint density at radius 2 is 2.32 bits per heavy atom. The van der Waals surface area contributed by atoms with Crippen LogP contribution in [0.25, 0.3) is 0 Å². The zero-order valence-corrected chi connectivity index (χ0v) is 11.7. The molecular weight excluding hydrogens is 270 g/mol. The summed E-state index contributed by atoms with van der Waals surface area (Å²) in [6.45, 7) is 3.85. The van der Waals surface area contributed by atoms with E-state index in [9.17, 15) is 9.90 Å². The molecule has 0 bridgehead atoms. The van der Waals surface area contributed by atoms with Gasteiger partial charge >= 0.3 is 0 Å². The number of aliphatic hydroxyl groups excluding tert-OH is 2. The normalized spacial score (nSPS) is 24.9. The van der Waals surface area contributed by atoms with Gasteiger partial charge in [0, 0.05) is 11.5 Å². The number of rotatable bonds is 4. The topological polar surface area (TPSA) is 87.4 Å². The van der Waals surface area contributed by atoms with E-state index in [1.807, 2.05) is 13.8 Å². The molecule has 1 aliphatic carbocycles. The standard InChI is InChI=1S/C12H18ClN3O3/c1-12(2)8(5-9(12)18)15-7-6-14-16(3-4-17)11(19)10(7)13/h6,8-9,15,17-18H,3-5H2,1-2H3. The minimum absolute atomic E-state index is 0.0508. The molecule has 1 aromatic rings. The highest BCUT2D eigenvalue weighted by molar-refractivity contribution is 6.32. The van der Waals surface area contributed by atoms with E-state index >= 15 is 0 Å². The molecule has 0 aromatic carbocycles. The summed E-state index contributed by atoms with van der Waals surface area (Å²) < 4.78 is 1.12. The van der Waals surface area contributed by atoms with Gasteiger partial charge in [0.05, 0.1) is 31.1 Å². The largest absolute Gasteiger partial charge is 0.394 e. The van der Waals surface area contributed by atoms with Gasteiger partial charge in [-0.1, -0.05) is 25.4 Å². The van der Waals surface area contributed by atoms with Crippen LogP contribution in [0.5, 0.6) is 0 Å². The van der Waals surface area contributed by atoms with Crippen LogP contribution in [0.15, 0.2) is 11.0 Å². The van der Waals surface area contributed by atoms with E-state index in [1.54, 1.807) is 0 Å². The highest BCUT2D eigenvalue weighted by atomic mass is 35.5. The Balaban J connectivity index is 2.19. The molecule has 0 radical (unpaired) electrons. The van der Waals surface area contributed by atoms with E-state index in [0.717, 1.165) is 4.68 Å². The molecule has 19 heavy (non-hydrogen) atoms. The number of hydrogen-bond donors (Lipinski definition) is 3. The number of halogens is 1. The fraction of sp³-hybridized carbons (Fsp3) is 0.667. The van der Waals surface area contributed by atoms with Gasteiger partial charge in [-0.05, 0) is 6.42 Å². The maximum atomic E-state index is 11.9. The summed E-state index contributed by atoms with van der Waals surface area (Å²) in [5.41, 5.74) is -0.229. The summed E-state index contributed by atoms with van der Waals surface area (Å²) >= 11 is 6.01. The van der Waals surface area contributed by atoms with E-state index < -0.39 is 5.56 Å². The van der Waals surface area contributed by atoms with Crippen molar-refractivity contribution in [2.45, 2.75) is 39.0 Å². The molecule has 1 saturated carbocycles. The molecule has 0 amide bonds. The summed E-state index contributed by atoms with van der Waals surface area (Å²) in [6.07, 6.45) is 1.73. The highest BCUT2D eigenvalue weighted by Crippen LogP contribution is 2.42. The average Bonchev–Trinajstić information content (AvgIpc) is 2.37. The first-order valence-electron chi connectivity index (χ1n) is 6.19. The fourth-order valence-corrected chi connectivity index (χ4v) is 2.36. The van der Waals surface area contributed by atoms with Gasteiger partial charge in [-0.25, -0.2) is 4.68 Å². The smallest absolute Gasteiger partial charge is 0.287 e. The van der Waals surface area contributed by atoms with E-state index in [2.05, 4.69) is 10.4 Å².